The van der Waals surface area contributed by atoms with Crippen molar-refractivity contribution in [2.75, 3.05) is 18.4 Å². The predicted octanol–water partition coefficient (Wildman–Crippen LogP) is 2.40. The van der Waals surface area contributed by atoms with E-state index in [1.807, 2.05) is 39.0 Å². The molecule has 0 bridgehead atoms. The van der Waals surface area contributed by atoms with Crippen LogP contribution in [0.15, 0.2) is 24.3 Å². The lowest BCUT2D eigenvalue weighted by molar-refractivity contribution is -0.109. The third-order valence-electron chi connectivity index (χ3n) is 4.28. The Kier molecular flexibility index (Phi) is 3.56. The zero-order chi connectivity index (χ0) is 16.0. The number of benzene rings is 1. The number of aliphatic hydroxyl groups is 1. The van der Waals surface area contributed by atoms with Crippen LogP contribution in [0.5, 0.6) is 0 Å². The summed E-state index contributed by atoms with van der Waals surface area (Å²) in [5, 5.41) is 14.2. The second kappa shape index (κ2) is 5.16. The van der Waals surface area contributed by atoms with Gasteiger partial charge < -0.3 is 20.1 Å². The SMILES string of the molecule is CC(C)(C)OC(=O)N1CC(O)(C2CCc3ccccc3N2)C1. The van der Waals surface area contributed by atoms with Crippen molar-refractivity contribution in [1.29, 1.82) is 0 Å². The van der Waals surface area contributed by atoms with Crippen LogP contribution in [0.4, 0.5) is 10.5 Å². The van der Waals surface area contributed by atoms with E-state index in [9.17, 15) is 9.90 Å². The number of nitrogens with one attached hydrogen (secondary N) is 1. The molecule has 0 radical (unpaired) electrons. The number of fused-ring (bicyclic) bond motifs is 1. The molecule has 0 aliphatic carbocycles. The summed E-state index contributed by atoms with van der Waals surface area (Å²) in [4.78, 5) is 13.5. The van der Waals surface area contributed by atoms with Gasteiger partial charge >= 0.3 is 6.09 Å². The van der Waals surface area contributed by atoms with Crippen LogP contribution in [0.3, 0.4) is 0 Å². The summed E-state index contributed by atoms with van der Waals surface area (Å²) in [5.41, 5.74) is 0.991. The number of aryl methyl sites for hydroxylation is 1. The summed E-state index contributed by atoms with van der Waals surface area (Å²) in [6, 6.07) is 8.14. The number of nitrogens with zero attached hydrogens (tertiary/aromatic N) is 1. The molecule has 0 aromatic heterocycles. The molecule has 5 nitrogen and oxygen atoms in total. The van der Waals surface area contributed by atoms with Crippen LogP contribution in [0.1, 0.15) is 32.8 Å². The summed E-state index contributed by atoms with van der Waals surface area (Å²) in [6.07, 6.45) is 1.46. The number of amides is 1. The molecule has 1 aromatic rings. The van der Waals surface area contributed by atoms with E-state index in [0.717, 1.165) is 18.5 Å². The Bertz CT molecular complexity index is 574. The first-order valence-corrected chi connectivity index (χ1v) is 7.82. The van der Waals surface area contributed by atoms with Crippen molar-refractivity contribution in [2.45, 2.75) is 50.9 Å². The van der Waals surface area contributed by atoms with Crippen molar-refractivity contribution in [3.63, 3.8) is 0 Å². The van der Waals surface area contributed by atoms with Gasteiger partial charge in [0.2, 0.25) is 0 Å². The van der Waals surface area contributed by atoms with Crippen molar-refractivity contribution in [2.24, 2.45) is 0 Å². The van der Waals surface area contributed by atoms with Crippen molar-refractivity contribution in [1.82, 2.24) is 4.90 Å². The summed E-state index contributed by atoms with van der Waals surface area (Å²) in [7, 11) is 0. The Morgan fingerprint density at radius 2 is 2.05 bits per heavy atom. The number of hydrogen-bond acceptors (Lipinski definition) is 4. The second-order valence-electron chi connectivity index (χ2n) is 7.33. The molecule has 2 aliphatic heterocycles. The number of anilines is 1. The summed E-state index contributed by atoms with van der Waals surface area (Å²) in [5.74, 6) is 0. The molecule has 1 fully saturated rings. The average Bonchev–Trinajstić information content (AvgIpc) is 2.41. The maximum absolute atomic E-state index is 12.0. The molecule has 120 valence electrons. The third-order valence-corrected chi connectivity index (χ3v) is 4.28. The van der Waals surface area contributed by atoms with Crippen molar-refractivity contribution >= 4 is 11.8 Å². The monoisotopic (exact) mass is 304 g/mol. The molecule has 1 aromatic carbocycles. The van der Waals surface area contributed by atoms with Gasteiger partial charge in [-0.1, -0.05) is 18.2 Å². The number of carbonyl (C=O) groups excluding carboxylic acids is 1. The smallest absolute Gasteiger partial charge is 0.410 e. The highest BCUT2D eigenvalue weighted by Crippen LogP contribution is 2.34. The highest BCUT2D eigenvalue weighted by molar-refractivity contribution is 5.70. The number of likely N-dealkylation sites (tertiary alicyclic amines) is 1. The van der Waals surface area contributed by atoms with E-state index in [0.29, 0.717) is 13.1 Å². The van der Waals surface area contributed by atoms with Crippen LogP contribution in [-0.4, -0.2) is 46.4 Å². The third kappa shape index (κ3) is 2.90. The topological polar surface area (TPSA) is 61.8 Å². The molecule has 1 atom stereocenters. The molecule has 1 saturated heterocycles. The van der Waals surface area contributed by atoms with Crippen LogP contribution < -0.4 is 5.32 Å². The van der Waals surface area contributed by atoms with Gasteiger partial charge in [-0.25, -0.2) is 4.79 Å². The fourth-order valence-electron chi connectivity index (χ4n) is 3.13. The van der Waals surface area contributed by atoms with E-state index in [-0.39, 0.29) is 12.1 Å². The van der Waals surface area contributed by atoms with Crippen LogP contribution in [-0.2, 0) is 11.2 Å². The fourth-order valence-corrected chi connectivity index (χ4v) is 3.13. The van der Waals surface area contributed by atoms with E-state index in [2.05, 4.69) is 11.4 Å². The summed E-state index contributed by atoms with van der Waals surface area (Å²) >= 11 is 0. The number of carbonyl (C=O) groups is 1. The molecule has 1 unspecified atom stereocenters. The largest absolute Gasteiger partial charge is 0.444 e. The minimum Gasteiger partial charge on any atom is -0.444 e. The number of β-amino-alcohol motifs (C(OH)–C–C–N with tert-alkyl or cyclic N) is 1. The molecule has 1 amide bonds. The van der Waals surface area contributed by atoms with Crippen LogP contribution in [0.2, 0.25) is 0 Å². The first-order chi connectivity index (χ1) is 10.3. The van der Waals surface area contributed by atoms with Gasteiger partial charge in [0.25, 0.3) is 0 Å². The first-order valence-electron chi connectivity index (χ1n) is 7.82. The highest BCUT2D eigenvalue weighted by Gasteiger charge is 2.50. The van der Waals surface area contributed by atoms with Gasteiger partial charge in [0, 0.05) is 5.69 Å². The van der Waals surface area contributed by atoms with Gasteiger partial charge in [0.15, 0.2) is 0 Å². The maximum atomic E-state index is 12.0. The molecule has 0 spiro atoms. The van der Waals surface area contributed by atoms with Gasteiger partial charge in [-0.2, -0.15) is 0 Å². The fraction of sp³-hybridized carbons (Fsp3) is 0.588. The Hall–Kier alpha value is -1.75. The molecule has 3 rings (SSSR count). The van der Waals surface area contributed by atoms with Crippen LogP contribution in [0.25, 0.3) is 0 Å². The summed E-state index contributed by atoms with van der Waals surface area (Å²) < 4.78 is 5.33. The maximum Gasteiger partial charge on any atom is 0.410 e. The van der Waals surface area contributed by atoms with Gasteiger partial charge in [-0.05, 0) is 45.2 Å². The standard InChI is InChI=1S/C17H24N2O3/c1-16(2,3)22-15(20)19-10-17(21,11-19)14-9-8-12-6-4-5-7-13(12)18-14/h4-7,14,18,21H,8-11H2,1-3H3. The van der Waals surface area contributed by atoms with Crippen molar-refractivity contribution < 1.29 is 14.6 Å². The molecule has 2 aliphatic rings. The molecule has 2 N–H and O–H groups in total. The van der Waals surface area contributed by atoms with E-state index < -0.39 is 11.2 Å². The molecular weight excluding hydrogens is 280 g/mol. The number of ether oxygens (including phenoxy) is 1. The lowest BCUT2D eigenvalue weighted by atomic mass is 9.81. The Morgan fingerprint density at radius 1 is 1.36 bits per heavy atom. The molecular formula is C17H24N2O3. The van der Waals surface area contributed by atoms with E-state index >= 15 is 0 Å². The first kappa shape index (κ1) is 15.2. The van der Waals surface area contributed by atoms with Crippen molar-refractivity contribution in [3.8, 4) is 0 Å². The summed E-state index contributed by atoms with van der Waals surface area (Å²) in [6.45, 7) is 6.17. The minimum absolute atomic E-state index is 0.0268. The van der Waals surface area contributed by atoms with E-state index in [1.54, 1.807) is 4.90 Å². The second-order valence-corrected chi connectivity index (χ2v) is 7.33. The average molecular weight is 304 g/mol. The Balaban J connectivity index is 1.60. The zero-order valence-electron chi connectivity index (χ0n) is 13.4. The Labute approximate surface area is 131 Å². The number of rotatable bonds is 1. The normalized spacial score (nSPS) is 23.1. The lowest BCUT2D eigenvalue weighted by Crippen LogP contribution is -2.71. The predicted molar refractivity (Wildman–Crippen MR) is 84.9 cm³/mol. The quantitative estimate of drug-likeness (QED) is 0.836. The van der Waals surface area contributed by atoms with E-state index in [1.165, 1.54) is 5.56 Å². The minimum atomic E-state index is -0.871. The van der Waals surface area contributed by atoms with Gasteiger partial charge in [0.1, 0.15) is 11.2 Å². The van der Waals surface area contributed by atoms with Crippen LogP contribution >= 0.6 is 0 Å². The number of hydrogen-bond donors (Lipinski definition) is 2. The molecule has 22 heavy (non-hydrogen) atoms. The molecule has 0 saturated carbocycles. The highest BCUT2D eigenvalue weighted by atomic mass is 16.6. The van der Waals surface area contributed by atoms with Crippen LogP contribution in [0, 0.1) is 0 Å². The molecule has 5 heteroatoms. The van der Waals surface area contributed by atoms with Gasteiger partial charge in [0.05, 0.1) is 19.1 Å². The van der Waals surface area contributed by atoms with Crippen molar-refractivity contribution in [3.05, 3.63) is 29.8 Å². The number of para-hydroxylation sites is 1. The zero-order valence-corrected chi connectivity index (χ0v) is 13.4. The van der Waals surface area contributed by atoms with Gasteiger partial charge in [-0.3, -0.25) is 0 Å². The Morgan fingerprint density at radius 3 is 2.73 bits per heavy atom. The molecule has 2 heterocycles. The lowest BCUT2D eigenvalue weighted by Gasteiger charge is -2.51. The van der Waals surface area contributed by atoms with Gasteiger partial charge in [-0.15, -0.1) is 0 Å². The van der Waals surface area contributed by atoms with E-state index in [4.69, 9.17) is 4.74 Å².